The third-order valence-electron chi connectivity index (χ3n) is 3.94. The molecule has 5 nitrogen and oxygen atoms in total. The molecule has 0 bridgehead atoms. The van der Waals surface area contributed by atoms with Gasteiger partial charge >= 0.3 is 0 Å². The first-order valence-corrected chi connectivity index (χ1v) is 8.96. The van der Waals surface area contributed by atoms with E-state index in [4.69, 9.17) is 5.73 Å². The van der Waals surface area contributed by atoms with Gasteiger partial charge < -0.3 is 5.73 Å². The Morgan fingerprint density at radius 3 is 2.55 bits per heavy atom. The quantitative estimate of drug-likeness (QED) is 0.855. The second kappa shape index (κ2) is 8.84. The van der Waals surface area contributed by atoms with Crippen LogP contribution >= 0.6 is 12.4 Å². The molecular formula is C15H26ClN3O2S. The SMILES string of the molecule is CC1CCCCN1S(=O)(=O)N(CCN)Cc1ccccc1.Cl. The molecule has 0 amide bonds. The van der Waals surface area contributed by atoms with E-state index in [1.165, 1.54) is 4.31 Å². The second-order valence-electron chi connectivity index (χ2n) is 5.57. The van der Waals surface area contributed by atoms with Gasteiger partial charge in [0.2, 0.25) is 0 Å². The van der Waals surface area contributed by atoms with Crippen LogP contribution in [-0.4, -0.2) is 42.7 Å². The first-order valence-electron chi connectivity index (χ1n) is 7.56. The van der Waals surface area contributed by atoms with Crippen molar-refractivity contribution >= 4 is 22.6 Å². The molecule has 7 heteroatoms. The Morgan fingerprint density at radius 1 is 1.27 bits per heavy atom. The van der Waals surface area contributed by atoms with E-state index < -0.39 is 10.2 Å². The molecule has 0 radical (unpaired) electrons. The Labute approximate surface area is 140 Å². The summed E-state index contributed by atoms with van der Waals surface area (Å²) in [6, 6.07) is 9.73. The average Bonchev–Trinajstić information content (AvgIpc) is 2.48. The maximum absolute atomic E-state index is 12.9. The monoisotopic (exact) mass is 347 g/mol. The van der Waals surface area contributed by atoms with Gasteiger partial charge in [0, 0.05) is 32.2 Å². The normalized spacial score (nSPS) is 19.9. The molecule has 2 rings (SSSR count). The number of nitrogens with two attached hydrogens (primary N) is 1. The summed E-state index contributed by atoms with van der Waals surface area (Å²) in [7, 11) is -3.45. The van der Waals surface area contributed by atoms with E-state index in [0.29, 0.717) is 26.2 Å². The maximum Gasteiger partial charge on any atom is 0.282 e. The Kier molecular flexibility index (Phi) is 7.79. The summed E-state index contributed by atoms with van der Waals surface area (Å²) in [6.07, 6.45) is 2.97. The molecule has 1 saturated heterocycles. The molecular weight excluding hydrogens is 322 g/mol. The van der Waals surface area contributed by atoms with E-state index in [9.17, 15) is 8.42 Å². The van der Waals surface area contributed by atoms with Crippen LogP contribution in [0.2, 0.25) is 0 Å². The fourth-order valence-corrected chi connectivity index (χ4v) is 4.63. The van der Waals surface area contributed by atoms with Crippen molar-refractivity contribution in [1.82, 2.24) is 8.61 Å². The van der Waals surface area contributed by atoms with Crippen LogP contribution < -0.4 is 5.73 Å². The standard InChI is InChI=1S/C15H25N3O2S.ClH/c1-14-7-5-6-11-18(14)21(19,20)17(12-10-16)13-15-8-3-2-4-9-15;/h2-4,8-9,14H,5-7,10-13,16H2,1H3;1H. The molecule has 1 aliphatic heterocycles. The second-order valence-corrected chi connectivity index (χ2v) is 7.45. The highest BCUT2D eigenvalue weighted by molar-refractivity contribution is 7.86. The van der Waals surface area contributed by atoms with Crippen molar-refractivity contribution in [3.05, 3.63) is 35.9 Å². The predicted molar refractivity (Wildman–Crippen MR) is 92.1 cm³/mol. The van der Waals surface area contributed by atoms with Gasteiger partial charge in [0.15, 0.2) is 0 Å². The van der Waals surface area contributed by atoms with E-state index in [1.807, 2.05) is 37.3 Å². The lowest BCUT2D eigenvalue weighted by molar-refractivity contribution is 0.243. The predicted octanol–water partition coefficient (Wildman–Crippen LogP) is 1.99. The molecule has 1 unspecified atom stereocenters. The van der Waals surface area contributed by atoms with Gasteiger partial charge in [-0.05, 0) is 25.3 Å². The van der Waals surface area contributed by atoms with E-state index >= 15 is 0 Å². The van der Waals surface area contributed by atoms with Crippen LogP contribution in [0.3, 0.4) is 0 Å². The van der Waals surface area contributed by atoms with Gasteiger partial charge in [-0.25, -0.2) is 0 Å². The van der Waals surface area contributed by atoms with Crippen LogP contribution in [-0.2, 0) is 16.8 Å². The summed E-state index contributed by atoms with van der Waals surface area (Å²) in [6.45, 7) is 3.65. The molecule has 1 atom stereocenters. The Balaban J connectivity index is 0.00000242. The minimum Gasteiger partial charge on any atom is -0.329 e. The zero-order valence-corrected chi connectivity index (χ0v) is 14.7. The summed E-state index contributed by atoms with van der Waals surface area (Å²) in [5.74, 6) is 0. The van der Waals surface area contributed by atoms with Gasteiger partial charge in [-0.2, -0.15) is 17.0 Å². The Morgan fingerprint density at radius 2 is 1.95 bits per heavy atom. The van der Waals surface area contributed by atoms with Crippen LogP contribution in [0.4, 0.5) is 0 Å². The number of piperidine rings is 1. The Bertz CT molecular complexity index is 539. The van der Waals surface area contributed by atoms with Gasteiger partial charge in [0.1, 0.15) is 0 Å². The molecule has 0 saturated carbocycles. The molecule has 1 aliphatic rings. The van der Waals surface area contributed by atoms with Crippen LogP contribution in [0.15, 0.2) is 30.3 Å². The zero-order chi connectivity index (χ0) is 15.3. The van der Waals surface area contributed by atoms with E-state index in [1.54, 1.807) is 4.31 Å². The lowest BCUT2D eigenvalue weighted by Crippen LogP contribution is -2.50. The highest BCUT2D eigenvalue weighted by atomic mass is 35.5. The fourth-order valence-electron chi connectivity index (χ4n) is 2.77. The smallest absolute Gasteiger partial charge is 0.282 e. The molecule has 1 heterocycles. The highest BCUT2D eigenvalue weighted by Gasteiger charge is 2.34. The summed E-state index contributed by atoms with van der Waals surface area (Å²) >= 11 is 0. The zero-order valence-electron chi connectivity index (χ0n) is 13.0. The van der Waals surface area contributed by atoms with Crippen molar-refractivity contribution in [1.29, 1.82) is 0 Å². The number of halogens is 1. The van der Waals surface area contributed by atoms with Gasteiger partial charge in [-0.1, -0.05) is 36.8 Å². The number of hydrogen-bond acceptors (Lipinski definition) is 3. The lowest BCUT2D eigenvalue weighted by atomic mass is 10.1. The van der Waals surface area contributed by atoms with Gasteiger partial charge in [0.25, 0.3) is 10.2 Å². The summed E-state index contributed by atoms with van der Waals surface area (Å²) in [5.41, 5.74) is 6.60. The molecule has 0 aliphatic carbocycles. The third kappa shape index (κ3) is 4.67. The fraction of sp³-hybridized carbons (Fsp3) is 0.600. The van der Waals surface area contributed by atoms with Crippen LogP contribution in [0, 0.1) is 0 Å². The highest BCUT2D eigenvalue weighted by Crippen LogP contribution is 2.23. The maximum atomic E-state index is 12.9. The van der Waals surface area contributed by atoms with Crippen LogP contribution in [0.1, 0.15) is 31.7 Å². The number of nitrogens with zero attached hydrogens (tertiary/aromatic N) is 2. The van der Waals surface area contributed by atoms with E-state index in [0.717, 1.165) is 24.8 Å². The molecule has 126 valence electrons. The largest absolute Gasteiger partial charge is 0.329 e. The minimum absolute atomic E-state index is 0. The van der Waals surface area contributed by atoms with Crippen molar-refractivity contribution in [2.45, 2.75) is 38.8 Å². The average molecular weight is 348 g/mol. The van der Waals surface area contributed by atoms with Gasteiger partial charge in [-0.3, -0.25) is 0 Å². The molecule has 1 aromatic carbocycles. The molecule has 22 heavy (non-hydrogen) atoms. The van der Waals surface area contributed by atoms with Crippen molar-refractivity contribution < 1.29 is 8.42 Å². The molecule has 1 aromatic rings. The minimum atomic E-state index is -3.45. The third-order valence-corrected chi connectivity index (χ3v) is 6.04. The van der Waals surface area contributed by atoms with Crippen LogP contribution in [0.5, 0.6) is 0 Å². The summed E-state index contributed by atoms with van der Waals surface area (Å²) in [5, 5.41) is 0. The lowest BCUT2D eigenvalue weighted by Gasteiger charge is -2.36. The van der Waals surface area contributed by atoms with E-state index in [-0.39, 0.29) is 18.4 Å². The number of hydrogen-bond donors (Lipinski definition) is 1. The van der Waals surface area contributed by atoms with Crippen molar-refractivity contribution in [3.8, 4) is 0 Å². The first kappa shape index (κ1) is 19.4. The molecule has 0 aromatic heterocycles. The Hall–Kier alpha value is -0.660. The molecule has 2 N–H and O–H groups in total. The topological polar surface area (TPSA) is 66.6 Å². The van der Waals surface area contributed by atoms with Crippen LogP contribution in [0.25, 0.3) is 0 Å². The summed E-state index contributed by atoms with van der Waals surface area (Å²) < 4.78 is 28.9. The van der Waals surface area contributed by atoms with E-state index in [2.05, 4.69) is 0 Å². The van der Waals surface area contributed by atoms with Crippen molar-refractivity contribution in [2.75, 3.05) is 19.6 Å². The van der Waals surface area contributed by atoms with Gasteiger partial charge in [-0.15, -0.1) is 12.4 Å². The number of rotatable bonds is 6. The van der Waals surface area contributed by atoms with Crippen molar-refractivity contribution in [2.24, 2.45) is 5.73 Å². The molecule has 1 fully saturated rings. The molecule has 0 spiro atoms. The summed E-state index contributed by atoms with van der Waals surface area (Å²) in [4.78, 5) is 0. The first-order chi connectivity index (χ1) is 10.1. The van der Waals surface area contributed by atoms with Gasteiger partial charge in [0.05, 0.1) is 0 Å². The van der Waals surface area contributed by atoms with Crippen molar-refractivity contribution in [3.63, 3.8) is 0 Å². The number of benzene rings is 1.